The van der Waals surface area contributed by atoms with Crippen molar-refractivity contribution in [2.75, 3.05) is 5.32 Å². The minimum Gasteiger partial charge on any atom is -0.321 e. The van der Waals surface area contributed by atoms with E-state index in [9.17, 15) is 19.7 Å². The molecule has 0 heterocycles. The molecule has 3 rings (SSSR count). The lowest BCUT2D eigenvalue weighted by molar-refractivity contribution is -0.384. The predicted octanol–water partition coefficient (Wildman–Crippen LogP) is 4.72. The van der Waals surface area contributed by atoms with Gasteiger partial charge in [-0.05, 0) is 36.2 Å². The van der Waals surface area contributed by atoms with Gasteiger partial charge in [-0.1, -0.05) is 42.5 Å². The maximum Gasteiger partial charge on any atom is 0.270 e. The van der Waals surface area contributed by atoms with Crippen molar-refractivity contribution in [3.63, 3.8) is 0 Å². The van der Waals surface area contributed by atoms with Crippen LogP contribution in [0.4, 0.5) is 11.4 Å². The molecule has 3 aromatic rings. The molecule has 3 aromatic carbocycles. The fourth-order valence-electron chi connectivity index (χ4n) is 2.72. The maximum absolute atomic E-state index is 12.6. The van der Waals surface area contributed by atoms with E-state index in [1.807, 2.05) is 36.4 Å². The van der Waals surface area contributed by atoms with Crippen molar-refractivity contribution < 1.29 is 14.5 Å². The van der Waals surface area contributed by atoms with Gasteiger partial charge < -0.3 is 5.32 Å². The normalized spacial score (nSPS) is 10.3. The second-order valence-electron chi connectivity index (χ2n) is 5.94. The smallest absolute Gasteiger partial charge is 0.270 e. The highest BCUT2D eigenvalue weighted by atomic mass is 16.6. The molecule has 0 saturated carbocycles. The maximum atomic E-state index is 12.6. The van der Waals surface area contributed by atoms with Crippen molar-refractivity contribution in [3.8, 4) is 11.1 Å². The zero-order valence-electron chi connectivity index (χ0n) is 14.5. The number of benzene rings is 3. The Kier molecular flexibility index (Phi) is 5.08. The number of amides is 1. The Bertz CT molecular complexity index is 1030. The molecule has 1 amide bonds. The number of nitro groups is 1. The Balaban J connectivity index is 1.97. The van der Waals surface area contributed by atoms with E-state index < -0.39 is 10.8 Å². The van der Waals surface area contributed by atoms with Crippen LogP contribution in [0.5, 0.6) is 0 Å². The van der Waals surface area contributed by atoms with E-state index in [0.717, 1.165) is 11.1 Å². The Hall–Kier alpha value is -3.80. The van der Waals surface area contributed by atoms with Gasteiger partial charge in [0.25, 0.3) is 11.6 Å². The van der Waals surface area contributed by atoms with Crippen LogP contribution in [0.1, 0.15) is 27.6 Å². The van der Waals surface area contributed by atoms with Crippen LogP contribution in [0.3, 0.4) is 0 Å². The van der Waals surface area contributed by atoms with Gasteiger partial charge in [-0.3, -0.25) is 19.7 Å². The molecule has 6 nitrogen and oxygen atoms in total. The first-order chi connectivity index (χ1) is 13.0. The third kappa shape index (κ3) is 4.07. The number of rotatable bonds is 5. The number of hydrogen-bond donors (Lipinski definition) is 1. The quantitative estimate of drug-likeness (QED) is 0.405. The number of Topliss-reactive ketones (excluding diaryl/α,β-unsaturated/α-hetero) is 1. The van der Waals surface area contributed by atoms with Gasteiger partial charge in [0.2, 0.25) is 0 Å². The minimum atomic E-state index is -0.562. The van der Waals surface area contributed by atoms with Crippen LogP contribution in [0.15, 0.2) is 72.8 Å². The summed E-state index contributed by atoms with van der Waals surface area (Å²) in [7, 11) is 0. The number of hydrogen-bond acceptors (Lipinski definition) is 4. The average Bonchev–Trinajstić information content (AvgIpc) is 2.68. The molecule has 0 radical (unpaired) electrons. The molecule has 0 bridgehead atoms. The largest absolute Gasteiger partial charge is 0.321 e. The highest BCUT2D eigenvalue weighted by molar-refractivity contribution is 6.09. The number of anilines is 1. The molecule has 1 N–H and O–H groups in total. The van der Waals surface area contributed by atoms with Gasteiger partial charge in [0.15, 0.2) is 5.78 Å². The van der Waals surface area contributed by atoms with Gasteiger partial charge in [-0.25, -0.2) is 0 Å². The molecule has 0 atom stereocenters. The fourth-order valence-corrected chi connectivity index (χ4v) is 2.72. The first kappa shape index (κ1) is 18.0. The molecule has 0 aromatic heterocycles. The first-order valence-corrected chi connectivity index (χ1v) is 8.22. The van der Waals surface area contributed by atoms with Crippen LogP contribution in [0.2, 0.25) is 0 Å². The molecule has 0 aliphatic rings. The Morgan fingerprint density at radius 1 is 0.889 bits per heavy atom. The van der Waals surface area contributed by atoms with E-state index in [-0.39, 0.29) is 17.0 Å². The molecule has 134 valence electrons. The van der Waals surface area contributed by atoms with Crippen molar-refractivity contribution in [2.24, 2.45) is 0 Å². The highest BCUT2D eigenvalue weighted by Gasteiger charge is 2.15. The molecule has 0 fully saturated rings. The zero-order valence-corrected chi connectivity index (χ0v) is 14.5. The second-order valence-corrected chi connectivity index (χ2v) is 5.94. The molecule has 27 heavy (non-hydrogen) atoms. The Labute approximate surface area is 155 Å². The first-order valence-electron chi connectivity index (χ1n) is 8.22. The van der Waals surface area contributed by atoms with Crippen LogP contribution >= 0.6 is 0 Å². The summed E-state index contributed by atoms with van der Waals surface area (Å²) in [4.78, 5) is 34.8. The van der Waals surface area contributed by atoms with E-state index in [4.69, 9.17) is 0 Å². The van der Waals surface area contributed by atoms with Crippen molar-refractivity contribution in [1.82, 2.24) is 0 Å². The summed E-state index contributed by atoms with van der Waals surface area (Å²) in [6.45, 7) is 1.42. The van der Waals surface area contributed by atoms with Gasteiger partial charge >= 0.3 is 0 Å². The fraction of sp³-hybridized carbons (Fsp3) is 0.0476. The molecule has 0 aliphatic heterocycles. The van der Waals surface area contributed by atoms with Gasteiger partial charge in [-0.2, -0.15) is 0 Å². The van der Waals surface area contributed by atoms with Gasteiger partial charge in [-0.15, -0.1) is 0 Å². The van der Waals surface area contributed by atoms with E-state index in [2.05, 4.69) is 5.32 Å². The van der Waals surface area contributed by atoms with Crippen LogP contribution in [0.25, 0.3) is 11.1 Å². The van der Waals surface area contributed by atoms with Gasteiger partial charge in [0, 0.05) is 23.3 Å². The lowest BCUT2D eigenvalue weighted by Crippen LogP contribution is -2.14. The van der Waals surface area contributed by atoms with E-state index in [0.29, 0.717) is 11.3 Å². The van der Waals surface area contributed by atoms with Crippen molar-refractivity contribution in [3.05, 3.63) is 94.0 Å². The zero-order chi connectivity index (χ0) is 19.4. The highest BCUT2D eigenvalue weighted by Crippen LogP contribution is 2.27. The summed E-state index contributed by atoms with van der Waals surface area (Å²) in [5.41, 5.74) is 2.48. The Morgan fingerprint density at radius 2 is 1.63 bits per heavy atom. The average molecular weight is 360 g/mol. The summed E-state index contributed by atoms with van der Waals surface area (Å²) in [5.74, 6) is -0.713. The third-order valence-electron chi connectivity index (χ3n) is 4.07. The number of nitro benzene ring substituents is 1. The number of non-ortho nitro benzene ring substituents is 1. The SMILES string of the molecule is CC(=O)c1ccc(-c2ccccc2)cc1NC(=O)c1cccc([N+](=O)[O-])c1. The van der Waals surface area contributed by atoms with Crippen LogP contribution < -0.4 is 5.32 Å². The molecular weight excluding hydrogens is 344 g/mol. The van der Waals surface area contributed by atoms with Crippen molar-refractivity contribution >= 4 is 23.1 Å². The topological polar surface area (TPSA) is 89.3 Å². The second kappa shape index (κ2) is 7.61. The van der Waals surface area contributed by atoms with E-state index >= 15 is 0 Å². The van der Waals surface area contributed by atoms with Crippen LogP contribution in [-0.2, 0) is 0 Å². The standard InChI is InChI=1S/C21H16N2O4/c1-14(24)19-11-10-16(15-6-3-2-4-7-15)13-20(19)22-21(25)17-8-5-9-18(12-17)23(26)27/h2-13H,1H3,(H,22,25). The van der Waals surface area contributed by atoms with E-state index in [1.54, 1.807) is 12.1 Å². The van der Waals surface area contributed by atoms with Crippen LogP contribution in [-0.4, -0.2) is 16.6 Å². The van der Waals surface area contributed by atoms with Crippen molar-refractivity contribution in [2.45, 2.75) is 6.92 Å². The number of ketones is 1. The predicted molar refractivity (Wildman–Crippen MR) is 103 cm³/mol. The third-order valence-corrected chi connectivity index (χ3v) is 4.07. The summed E-state index contributed by atoms with van der Waals surface area (Å²) in [6.07, 6.45) is 0. The molecular formula is C21H16N2O4. The van der Waals surface area contributed by atoms with Crippen molar-refractivity contribution in [1.29, 1.82) is 0 Å². The Morgan fingerprint density at radius 3 is 2.30 bits per heavy atom. The van der Waals surface area contributed by atoms with Gasteiger partial charge in [0.05, 0.1) is 10.6 Å². The molecule has 6 heteroatoms. The molecule has 0 aliphatic carbocycles. The lowest BCUT2D eigenvalue weighted by atomic mass is 10.0. The molecule has 0 spiro atoms. The molecule has 0 saturated heterocycles. The van der Waals surface area contributed by atoms with Gasteiger partial charge in [0.1, 0.15) is 0 Å². The monoisotopic (exact) mass is 360 g/mol. The minimum absolute atomic E-state index is 0.142. The summed E-state index contributed by atoms with van der Waals surface area (Å²) in [5, 5.41) is 13.6. The van der Waals surface area contributed by atoms with E-state index in [1.165, 1.54) is 31.2 Å². The van der Waals surface area contributed by atoms with Crippen LogP contribution in [0, 0.1) is 10.1 Å². The number of carbonyl (C=O) groups is 2. The number of carbonyl (C=O) groups excluding carboxylic acids is 2. The summed E-state index contributed by atoms with van der Waals surface area (Å²) in [6, 6.07) is 20.2. The number of nitrogens with zero attached hydrogens (tertiary/aromatic N) is 1. The lowest BCUT2D eigenvalue weighted by Gasteiger charge is -2.12. The summed E-state index contributed by atoms with van der Waals surface area (Å²) >= 11 is 0. The molecule has 0 unspecified atom stereocenters. The number of nitrogens with one attached hydrogen (secondary N) is 1. The summed E-state index contributed by atoms with van der Waals surface area (Å²) < 4.78 is 0.